The van der Waals surface area contributed by atoms with Crippen LogP contribution in [0.2, 0.25) is 0 Å². The molecule has 7 heteroatoms. The molecule has 2 amide bonds. The third-order valence-corrected chi connectivity index (χ3v) is 3.51. The Labute approximate surface area is 147 Å². The lowest BCUT2D eigenvalue weighted by Crippen LogP contribution is -2.16. The van der Waals surface area contributed by atoms with Gasteiger partial charge in [0.1, 0.15) is 17.2 Å². The number of nitrogens with one attached hydrogen (secondary N) is 2. The van der Waals surface area contributed by atoms with Crippen LogP contribution in [0.5, 0.6) is 0 Å². The molecule has 0 bridgehead atoms. The Balaban J connectivity index is 1.70. The number of aromatic nitrogens is 1. The summed E-state index contributed by atoms with van der Waals surface area (Å²) in [6.45, 7) is 0. The van der Waals surface area contributed by atoms with Crippen molar-refractivity contribution in [1.29, 1.82) is 0 Å². The lowest BCUT2D eigenvalue weighted by molar-refractivity contribution is 0.101. The molecule has 0 spiro atoms. The van der Waals surface area contributed by atoms with Gasteiger partial charge in [0.05, 0.1) is 11.9 Å². The Morgan fingerprint density at radius 2 is 1.42 bits per heavy atom. The molecule has 3 aromatic rings. The smallest absolute Gasteiger partial charge is 0.261 e. The van der Waals surface area contributed by atoms with Gasteiger partial charge in [-0.15, -0.1) is 0 Å². The number of pyridine rings is 1. The molecule has 0 saturated carbocycles. The number of amides is 2. The molecule has 2 aromatic carbocycles. The molecule has 0 aliphatic carbocycles. The standard InChI is InChI=1S/C19H13F2N3O2/c20-15-4-1-5-16(21)17(15)19(26)23-13-8-6-12(7-9-13)18(25)24-14-3-2-10-22-11-14/h1-11H,(H,23,26)(H,24,25). The van der Waals surface area contributed by atoms with Gasteiger partial charge >= 0.3 is 0 Å². The van der Waals surface area contributed by atoms with Crippen LogP contribution >= 0.6 is 0 Å². The van der Waals surface area contributed by atoms with Crippen molar-refractivity contribution in [1.82, 2.24) is 4.98 Å². The maximum atomic E-state index is 13.6. The predicted molar refractivity (Wildman–Crippen MR) is 92.9 cm³/mol. The maximum absolute atomic E-state index is 13.6. The van der Waals surface area contributed by atoms with Crippen LogP contribution in [0, 0.1) is 11.6 Å². The molecule has 0 saturated heterocycles. The fourth-order valence-electron chi connectivity index (χ4n) is 2.25. The molecule has 0 fully saturated rings. The van der Waals surface area contributed by atoms with E-state index in [1.54, 1.807) is 18.3 Å². The largest absolute Gasteiger partial charge is 0.322 e. The highest BCUT2D eigenvalue weighted by Gasteiger charge is 2.17. The SMILES string of the molecule is O=C(Nc1cccnc1)c1ccc(NC(=O)c2c(F)cccc2F)cc1. The summed E-state index contributed by atoms with van der Waals surface area (Å²) in [6.07, 6.45) is 3.10. The van der Waals surface area contributed by atoms with Gasteiger partial charge in [0, 0.05) is 17.4 Å². The van der Waals surface area contributed by atoms with Gasteiger partial charge in [0.25, 0.3) is 11.8 Å². The first kappa shape index (κ1) is 17.2. The monoisotopic (exact) mass is 353 g/mol. The van der Waals surface area contributed by atoms with Crippen LogP contribution in [0.25, 0.3) is 0 Å². The Bertz CT molecular complexity index is 925. The summed E-state index contributed by atoms with van der Waals surface area (Å²) in [5, 5.41) is 5.07. The van der Waals surface area contributed by atoms with Crippen LogP contribution in [0.3, 0.4) is 0 Å². The first-order chi connectivity index (χ1) is 12.5. The molecule has 5 nitrogen and oxygen atoms in total. The van der Waals surface area contributed by atoms with Gasteiger partial charge in [0.2, 0.25) is 0 Å². The van der Waals surface area contributed by atoms with E-state index in [1.165, 1.54) is 36.5 Å². The number of hydrogen-bond acceptors (Lipinski definition) is 3. The summed E-state index contributed by atoms with van der Waals surface area (Å²) in [5.74, 6) is -3.16. The van der Waals surface area contributed by atoms with Crippen molar-refractivity contribution in [3.8, 4) is 0 Å². The average molecular weight is 353 g/mol. The third kappa shape index (κ3) is 3.89. The van der Waals surface area contributed by atoms with E-state index in [1.807, 2.05) is 0 Å². The van der Waals surface area contributed by atoms with Crippen LogP contribution < -0.4 is 10.6 Å². The Kier molecular flexibility index (Phi) is 4.98. The molecule has 1 aromatic heterocycles. The first-order valence-corrected chi connectivity index (χ1v) is 7.61. The van der Waals surface area contributed by atoms with Crippen molar-refractivity contribution in [2.45, 2.75) is 0 Å². The molecule has 130 valence electrons. The van der Waals surface area contributed by atoms with E-state index in [0.29, 0.717) is 16.9 Å². The number of rotatable bonds is 4. The molecule has 1 heterocycles. The molecular weight excluding hydrogens is 340 g/mol. The number of halogens is 2. The van der Waals surface area contributed by atoms with E-state index < -0.39 is 23.1 Å². The van der Waals surface area contributed by atoms with Gasteiger partial charge in [-0.1, -0.05) is 6.07 Å². The summed E-state index contributed by atoms with van der Waals surface area (Å²) in [6, 6.07) is 12.5. The van der Waals surface area contributed by atoms with Crippen LogP contribution in [0.1, 0.15) is 20.7 Å². The van der Waals surface area contributed by atoms with Crippen LogP contribution in [-0.2, 0) is 0 Å². The number of carbonyl (C=O) groups excluding carboxylic acids is 2. The van der Waals surface area contributed by atoms with Crippen molar-refractivity contribution in [2.24, 2.45) is 0 Å². The molecule has 0 unspecified atom stereocenters. The average Bonchev–Trinajstić information content (AvgIpc) is 2.63. The topological polar surface area (TPSA) is 71.1 Å². The zero-order valence-corrected chi connectivity index (χ0v) is 13.4. The van der Waals surface area contributed by atoms with Gasteiger partial charge < -0.3 is 10.6 Å². The van der Waals surface area contributed by atoms with Crippen molar-refractivity contribution in [3.05, 3.63) is 89.8 Å². The number of nitrogens with zero attached hydrogens (tertiary/aromatic N) is 1. The van der Waals surface area contributed by atoms with Crippen LogP contribution in [0.4, 0.5) is 20.2 Å². The van der Waals surface area contributed by atoms with E-state index in [4.69, 9.17) is 0 Å². The highest BCUT2D eigenvalue weighted by molar-refractivity contribution is 6.06. The van der Waals surface area contributed by atoms with Gasteiger partial charge in [0.15, 0.2) is 0 Å². The Hall–Kier alpha value is -3.61. The molecule has 26 heavy (non-hydrogen) atoms. The summed E-state index contributed by atoms with van der Waals surface area (Å²) < 4.78 is 27.2. The van der Waals surface area contributed by atoms with Crippen LogP contribution in [-0.4, -0.2) is 16.8 Å². The maximum Gasteiger partial charge on any atom is 0.261 e. The van der Waals surface area contributed by atoms with E-state index in [0.717, 1.165) is 12.1 Å². The molecule has 0 atom stereocenters. The number of hydrogen-bond donors (Lipinski definition) is 2. The molecule has 0 radical (unpaired) electrons. The summed E-state index contributed by atoms with van der Waals surface area (Å²) in [7, 11) is 0. The zero-order chi connectivity index (χ0) is 18.5. The minimum atomic E-state index is -0.949. The quantitative estimate of drug-likeness (QED) is 0.748. The van der Waals surface area contributed by atoms with Crippen molar-refractivity contribution in [3.63, 3.8) is 0 Å². The minimum absolute atomic E-state index is 0.301. The minimum Gasteiger partial charge on any atom is -0.322 e. The lowest BCUT2D eigenvalue weighted by Gasteiger charge is -2.08. The van der Waals surface area contributed by atoms with Crippen molar-refractivity contribution < 1.29 is 18.4 Å². The fraction of sp³-hybridized carbons (Fsp3) is 0. The Morgan fingerprint density at radius 3 is 2.04 bits per heavy atom. The molecule has 2 N–H and O–H groups in total. The summed E-state index contributed by atoms with van der Waals surface area (Å²) in [5.41, 5.74) is 0.537. The lowest BCUT2D eigenvalue weighted by atomic mass is 10.1. The predicted octanol–water partition coefficient (Wildman–Crippen LogP) is 3.86. The molecule has 3 rings (SSSR count). The number of benzene rings is 2. The molecular formula is C19H13F2N3O2. The third-order valence-electron chi connectivity index (χ3n) is 3.51. The molecule has 0 aliphatic heterocycles. The highest BCUT2D eigenvalue weighted by atomic mass is 19.1. The number of anilines is 2. The number of carbonyl (C=O) groups is 2. The summed E-state index contributed by atoms with van der Waals surface area (Å²) >= 11 is 0. The van der Waals surface area contributed by atoms with E-state index >= 15 is 0 Å². The Morgan fingerprint density at radius 1 is 0.769 bits per heavy atom. The van der Waals surface area contributed by atoms with Crippen LogP contribution in [0.15, 0.2) is 67.0 Å². The van der Waals surface area contributed by atoms with E-state index in [-0.39, 0.29) is 5.91 Å². The van der Waals surface area contributed by atoms with E-state index in [2.05, 4.69) is 15.6 Å². The highest BCUT2D eigenvalue weighted by Crippen LogP contribution is 2.16. The second kappa shape index (κ2) is 7.52. The fourth-order valence-corrected chi connectivity index (χ4v) is 2.25. The van der Waals surface area contributed by atoms with Gasteiger partial charge in [-0.2, -0.15) is 0 Å². The molecule has 0 aliphatic rings. The van der Waals surface area contributed by atoms with Gasteiger partial charge in [-0.3, -0.25) is 14.6 Å². The van der Waals surface area contributed by atoms with Gasteiger partial charge in [-0.25, -0.2) is 8.78 Å². The summed E-state index contributed by atoms with van der Waals surface area (Å²) in [4.78, 5) is 28.1. The van der Waals surface area contributed by atoms with Crippen molar-refractivity contribution in [2.75, 3.05) is 10.6 Å². The first-order valence-electron chi connectivity index (χ1n) is 7.61. The van der Waals surface area contributed by atoms with Crippen molar-refractivity contribution >= 4 is 23.2 Å². The zero-order valence-electron chi connectivity index (χ0n) is 13.4. The van der Waals surface area contributed by atoms with E-state index in [9.17, 15) is 18.4 Å². The second-order valence-corrected chi connectivity index (χ2v) is 5.32. The van der Waals surface area contributed by atoms with Gasteiger partial charge in [-0.05, 0) is 48.5 Å². The second-order valence-electron chi connectivity index (χ2n) is 5.32. The normalized spacial score (nSPS) is 10.2.